The molecule has 132 valence electrons. The number of nitrogens with zero attached hydrogens (tertiary/aromatic N) is 2. The number of aromatic nitrogens is 2. The van der Waals surface area contributed by atoms with Gasteiger partial charge in [-0.05, 0) is 44.2 Å². The lowest BCUT2D eigenvalue weighted by atomic mass is 9.99. The fourth-order valence-electron chi connectivity index (χ4n) is 4.13. The zero-order valence-electron chi connectivity index (χ0n) is 14.6. The molecule has 2 aliphatic carbocycles. The molecule has 3 aliphatic rings. The molecular formula is C20H26N4O. The zero-order valence-corrected chi connectivity index (χ0v) is 14.6. The van der Waals surface area contributed by atoms with E-state index in [1.54, 1.807) is 0 Å². The van der Waals surface area contributed by atoms with Gasteiger partial charge in [-0.2, -0.15) is 4.98 Å². The Morgan fingerprint density at radius 1 is 1.24 bits per heavy atom. The van der Waals surface area contributed by atoms with Crippen LogP contribution in [-0.2, 0) is 5.41 Å². The monoisotopic (exact) mass is 338 g/mol. The molecule has 0 amide bonds. The summed E-state index contributed by atoms with van der Waals surface area (Å²) in [6.07, 6.45) is 5.93. The number of benzene rings is 1. The third kappa shape index (κ3) is 3.11. The standard InChI is InChI=1S/C20H26N4O/c1-2-5-14(6-3-1)16-11-17(16)22-13-20(8-9-20)19-23-18(25-24-19)15-7-4-10-21-12-15/h1-3,5-6,15-17,21-22H,4,7-13H2/t15-,16-,17+/m1/s1. The average Bonchev–Trinajstić information content (AvgIpc) is 3.58. The van der Waals surface area contributed by atoms with Gasteiger partial charge in [0.2, 0.25) is 5.89 Å². The van der Waals surface area contributed by atoms with Crippen molar-refractivity contribution in [3.63, 3.8) is 0 Å². The van der Waals surface area contributed by atoms with Crippen LogP contribution in [0.1, 0.15) is 61.2 Å². The van der Waals surface area contributed by atoms with Crippen LogP contribution in [0.15, 0.2) is 34.9 Å². The number of rotatable bonds is 6. The van der Waals surface area contributed by atoms with E-state index in [1.165, 1.54) is 31.2 Å². The molecule has 2 heterocycles. The minimum absolute atomic E-state index is 0.119. The Balaban J connectivity index is 1.20. The van der Waals surface area contributed by atoms with Crippen LogP contribution >= 0.6 is 0 Å². The van der Waals surface area contributed by atoms with Crippen molar-refractivity contribution in [1.29, 1.82) is 0 Å². The zero-order chi connectivity index (χ0) is 16.7. The van der Waals surface area contributed by atoms with E-state index >= 15 is 0 Å². The normalized spacial score (nSPS) is 30.2. The number of nitrogens with one attached hydrogen (secondary N) is 2. The van der Waals surface area contributed by atoms with Gasteiger partial charge >= 0.3 is 0 Å². The van der Waals surface area contributed by atoms with Gasteiger partial charge < -0.3 is 15.2 Å². The highest BCUT2D eigenvalue weighted by molar-refractivity contribution is 5.28. The first kappa shape index (κ1) is 15.5. The summed E-state index contributed by atoms with van der Waals surface area (Å²) in [5.74, 6) is 2.83. The molecule has 1 aromatic heterocycles. The summed E-state index contributed by atoms with van der Waals surface area (Å²) >= 11 is 0. The van der Waals surface area contributed by atoms with E-state index in [4.69, 9.17) is 9.51 Å². The highest BCUT2D eigenvalue weighted by Crippen LogP contribution is 2.48. The third-order valence-electron chi connectivity index (χ3n) is 6.14. The maximum Gasteiger partial charge on any atom is 0.231 e. The maximum atomic E-state index is 5.61. The van der Waals surface area contributed by atoms with Crippen LogP contribution in [0, 0.1) is 0 Å². The van der Waals surface area contributed by atoms with E-state index in [-0.39, 0.29) is 5.41 Å². The van der Waals surface area contributed by atoms with Crippen molar-refractivity contribution in [2.75, 3.05) is 19.6 Å². The molecule has 3 fully saturated rings. The van der Waals surface area contributed by atoms with Gasteiger partial charge in [0.05, 0.1) is 5.92 Å². The second kappa shape index (κ2) is 6.22. The number of hydrogen-bond donors (Lipinski definition) is 2. The van der Waals surface area contributed by atoms with Gasteiger partial charge in [0.1, 0.15) is 0 Å². The van der Waals surface area contributed by atoms with Crippen molar-refractivity contribution in [3.05, 3.63) is 47.6 Å². The first-order valence-corrected chi connectivity index (χ1v) is 9.67. The minimum atomic E-state index is 0.119. The van der Waals surface area contributed by atoms with Crippen molar-refractivity contribution >= 4 is 0 Å². The molecule has 0 spiro atoms. The Hall–Kier alpha value is -1.72. The Morgan fingerprint density at radius 2 is 2.12 bits per heavy atom. The Labute approximate surface area is 148 Å². The van der Waals surface area contributed by atoms with Gasteiger partial charge in [-0.3, -0.25) is 0 Å². The molecular weight excluding hydrogens is 312 g/mol. The van der Waals surface area contributed by atoms with Gasteiger partial charge in [-0.1, -0.05) is 35.5 Å². The van der Waals surface area contributed by atoms with Gasteiger partial charge in [-0.15, -0.1) is 0 Å². The first-order valence-electron chi connectivity index (χ1n) is 9.67. The molecule has 2 aromatic rings. The SMILES string of the molecule is c1ccc([C@H]2C[C@@H]2NCC2(c3noc([C@@H]4CCCNC4)n3)CC2)cc1. The smallest absolute Gasteiger partial charge is 0.231 e. The van der Waals surface area contributed by atoms with Crippen molar-refractivity contribution in [1.82, 2.24) is 20.8 Å². The van der Waals surface area contributed by atoms with Crippen molar-refractivity contribution in [2.24, 2.45) is 0 Å². The van der Waals surface area contributed by atoms with E-state index in [1.807, 2.05) is 0 Å². The predicted octanol–water partition coefficient (Wildman–Crippen LogP) is 2.71. The van der Waals surface area contributed by atoms with Gasteiger partial charge in [0.15, 0.2) is 5.82 Å². The van der Waals surface area contributed by atoms with Gasteiger partial charge in [-0.25, -0.2) is 0 Å². The highest BCUT2D eigenvalue weighted by atomic mass is 16.5. The lowest BCUT2D eigenvalue weighted by Gasteiger charge is -2.18. The lowest BCUT2D eigenvalue weighted by Crippen LogP contribution is -2.30. The summed E-state index contributed by atoms with van der Waals surface area (Å²) in [5, 5.41) is 11.5. The van der Waals surface area contributed by atoms with E-state index in [2.05, 4.69) is 46.1 Å². The molecule has 5 rings (SSSR count). The topological polar surface area (TPSA) is 63.0 Å². The lowest BCUT2D eigenvalue weighted by molar-refractivity contribution is 0.318. The van der Waals surface area contributed by atoms with Crippen LogP contribution < -0.4 is 10.6 Å². The summed E-state index contributed by atoms with van der Waals surface area (Å²) in [5.41, 5.74) is 1.57. The Morgan fingerprint density at radius 3 is 2.88 bits per heavy atom. The van der Waals surface area contributed by atoms with E-state index in [0.717, 1.165) is 37.8 Å². The van der Waals surface area contributed by atoms with Gasteiger partial charge in [0.25, 0.3) is 0 Å². The first-order chi connectivity index (χ1) is 12.3. The van der Waals surface area contributed by atoms with Crippen LogP contribution in [0.5, 0.6) is 0 Å². The second-order valence-corrected chi connectivity index (χ2v) is 8.02. The minimum Gasteiger partial charge on any atom is -0.339 e. The molecule has 5 heteroatoms. The second-order valence-electron chi connectivity index (χ2n) is 8.02. The molecule has 0 radical (unpaired) electrons. The highest BCUT2D eigenvalue weighted by Gasteiger charge is 2.50. The van der Waals surface area contributed by atoms with E-state index in [0.29, 0.717) is 17.9 Å². The molecule has 0 bridgehead atoms. The van der Waals surface area contributed by atoms with Crippen molar-refractivity contribution in [3.8, 4) is 0 Å². The van der Waals surface area contributed by atoms with Crippen molar-refractivity contribution in [2.45, 2.75) is 55.4 Å². The van der Waals surface area contributed by atoms with Crippen LogP contribution in [0.3, 0.4) is 0 Å². The molecule has 2 saturated carbocycles. The van der Waals surface area contributed by atoms with E-state index in [9.17, 15) is 0 Å². The Bertz CT molecular complexity index is 718. The molecule has 1 aliphatic heterocycles. The molecule has 1 aromatic carbocycles. The van der Waals surface area contributed by atoms with Crippen LogP contribution in [0.2, 0.25) is 0 Å². The molecule has 2 N–H and O–H groups in total. The largest absolute Gasteiger partial charge is 0.339 e. The summed E-state index contributed by atoms with van der Waals surface area (Å²) in [4.78, 5) is 4.79. The van der Waals surface area contributed by atoms with Crippen LogP contribution in [-0.4, -0.2) is 35.8 Å². The number of hydrogen-bond acceptors (Lipinski definition) is 5. The number of piperidine rings is 1. The fraction of sp³-hybridized carbons (Fsp3) is 0.600. The predicted molar refractivity (Wildman–Crippen MR) is 95.6 cm³/mol. The third-order valence-corrected chi connectivity index (χ3v) is 6.14. The Kier molecular flexibility index (Phi) is 3.86. The molecule has 3 atom stereocenters. The molecule has 1 saturated heterocycles. The maximum absolute atomic E-state index is 5.61. The summed E-state index contributed by atoms with van der Waals surface area (Å²) < 4.78 is 5.61. The molecule has 25 heavy (non-hydrogen) atoms. The molecule has 0 unspecified atom stereocenters. The average molecular weight is 338 g/mol. The summed E-state index contributed by atoms with van der Waals surface area (Å²) in [6, 6.07) is 11.4. The fourth-order valence-corrected chi connectivity index (χ4v) is 4.13. The summed E-state index contributed by atoms with van der Waals surface area (Å²) in [7, 11) is 0. The van der Waals surface area contributed by atoms with Crippen LogP contribution in [0.4, 0.5) is 0 Å². The quantitative estimate of drug-likeness (QED) is 0.848. The van der Waals surface area contributed by atoms with E-state index < -0.39 is 0 Å². The summed E-state index contributed by atoms with van der Waals surface area (Å²) in [6.45, 7) is 3.05. The van der Waals surface area contributed by atoms with Crippen molar-refractivity contribution < 1.29 is 4.52 Å². The van der Waals surface area contributed by atoms with Crippen LogP contribution in [0.25, 0.3) is 0 Å². The molecule has 5 nitrogen and oxygen atoms in total. The van der Waals surface area contributed by atoms with Gasteiger partial charge in [0, 0.05) is 30.5 Å².